The molecular formula is C11H8F7NO. The molecule has 0 radical (unpaired) electrons. The molecule has 0 aliphatic rings. The standard InChI is InChI=1S/C11H8F7NO/c12-8-2-1-6(3-7(8)11(16,17)18)9(20)4-19-5-10(13,14)15/h1-3,19H,4-5H2. The van der Waals surface area contributed by atoms with Gasteiger partial charge in [0.2, 0.25) is 0 Å². The Morgan fingerprint density at radius 2 is 1.70 bits per heavy atom. The number of ketones is 1. The third kappa shape index (κ3) is 4.80. The third-order valence-corrected chi connectivity index (χ3v) is 2.20. The molecule has 112 valence electrons. The van der Waals surface area contributed by atoms with E-state index in [0.717, 1.165) is 6.07 Å². The second-order valence-corrected chi connectivity index (χ2v) is 3.83. The molecule has 0 spiro atoms. The van der Waals surface area contributed by atoms with Gasteiger partial charge in [-0.25, -0.2) is 4.39 Å². The third-order valence-electron chi connectivity index (χ3n) is 2.20. The molecule has 1 rings (SSSR count). The summed E-state index contributed by atoms with van der Waals surface area (Å²) in [4.78, 5) is 11.4. The van der Waals surface area contributed by atoms with Crippen LogP contribution in [-0.4, -0.2) is 25.0 Å². The quantitative estimate of drug-likeness (QED) is 0.684. The molecule has 0 saturated heterocycles. The summed E-state index contributed by atoms with van der Waals surface area (Å²) < 4.78 is 85.5. The van der Waals surface area contributed by atoms with E-state index in [1.54, 1.807) is 5.32 Å². The summed E-state index contributed by atoms with van der Waals surface area (Å²) in [6.07, 6.45) is -9.53. The number of halogens is 7. The summed E-state index contributed by atoms with van der Waals surface area (Å²) in [5, 5.41) is 1.75. The molecule has 1 N–H and O–H groups in total. The number of alkyl halides is 6. The lowest BCUT2D eigenvalue weighted by Crippen LogP contribution is -2.32. The van der Waals surface area contributed by atoms with E-state index in [1.807, 2.05) is 0 Å². The topological polar surface area (TPSA) is 29.1 Å². The average Bonchev–Trinajstić information content (AvgIpc) is 2.26. The van der Waals surface area contributed by atoms with Crippen LogP contribution in [-0.2, 0) is 6.18 Å². The zero-order valence-electron chi connectivity index (χ0n) is 9.70. The predicted octanol–water partition coefficient (Wildman–Crippen LogP) is 3.18. The molecule has 1 aromatic rings. The summed E-state index contributed by atoms with van der Waals surface area (Å²) in [7, 11) is 0. The molecule has 0 aromatic heterocycles. The molecule has 9 heteroatoms. The van der Waals surface area contributed by atoms with Crippen molar-refractivity contribution in [2.45, 2.75) is 12.4 Å². The summed E-state index contributed by atoms with van der Waals surface area (Å²) in [6, 6.07) is 1.49. The fraction of sp³-hybridized carbons (Fsp3) is 0.364. The van der Waals surface area contributed by atoms with Crippen LogP contribution >= 0.6 is 0 Å². The molecule has 0 saturated carbocycles. The molecule has 0 aliphatic heterocycles. The van der Waals surface area contributed by atoms with E-state index in [2.05, 4.69) is 0 Å². The van der Waals surface area contributed by atoms with E-state index in [9.17, 15) is 35.5 Å². The Balaban J connectivity index is 2.80. The predicted molar refractivity (Wildman–Crippen MR) is 54.7 cm³/mol. The average molecular weight is 303 g/mol. The maximum Gasteiger partial charge on any atom is 0.419 e. The first-order valence-corrected chi connectivity index (χ1v) is 5.18. The number of hydrogen-bond acceptors (Lipinski definition) is 2. The van der Waals surface area contributed by atoms with Crippen LogP contribution in [0.3, 0.4) is 0 Å². The molecule has 0 atom stereocenters. The van der Waals surface area contributed by atoms with E-state index in [0.29, 0.717) is 6.07 Å². The van der Waals surface area contributed by atoms with Crippen molar-refractivity contribution in [1.29, 1.82) is 0 Å². The van der Waals surface area contributed by atoms with Crippen LogP contribution in [0.2, 0.25) is 0 Å². The van der Waals surface area contributed by atoms with Crippen molar-refractivity contribution in [2.24, 2.45) is 0 Å². The lowest BCUT2D eigenvalue weighted by molar-refractivity contribution is -0.140. The number of benzene rings is 1. The first-order chi connectivity index (χ1) is 9.00. The summed E-state index contributed by atoms with van der Waals surface area (Å²) in [5.74, 6) is -2.56. The lowest BCUT2D eigenvalue weighted by Gasteiger charge is -2.10. The molecule has 0 fully saturated rings. The fourth-order valence-electron chi connectivity index (χ4n) is 1.34. The Morgan fingerprint density at radius 1 is 1.10 bits per heavy atom. The van der Waals surface area contributed by atoms with Gasteiger partial charge >= 0.3 is 12.4 Å². The summed E-state index contributed by atoms with van der Waals surface area (Å²) in [5.41, 5.74) is -2.16. The van der Waals surface area contributed by atoms with Gasteiger partial charge in [-0.15, -0.1) is 0 Å². The van der Waals surface area contributed by atoms with Crippen molar-refractivity contribution in [1.82, 2.24) is 5.32 Å². The van der Waals surface area contributed by atoms with Gasteiger partial charge in [-0.1, -0.05) is 0 Å². The molecule has 0 unspecified atom stereocenters. The highest BCUT2D eigenvalue weighted by Crippen LogP contribution is 2.31. The fourth-order valence-corrected chi connectivity index (χ4v) is 1.34. The Labute approximate surface area is 108 Å². The first kappa shape index (κ1) is 16.4. The van der Waals surface area contributed by atoms with Gasteiger partial charge in [0.05, 0.1) is 18.7 Å². The molecule has 0 bridgehead atoms. The van der Waals surface area contributed by atoms with Crippen molar-refractivity contribution in [2.75, 3.05) is 13.1 Å². The molecule has 0 heterocycles. The van der Waals surface area contributed by atoms with Crippen molar-refractivity contribution >= 4 is 5.78 Å². The van der Waals surface area contributed by atoms with Gasteiger partial charge in [0.25, 0.3) is 0 Å². The maximum absolute atomic E-state index is 12.9. The number of carbonyl (C=O) groups excluding carboxylic acids is 1. The van der Waals surface area contributed by atoms with Crippen molar-refractivity contribution < 1.29 is 35.5 Å². The van der Waals surface area contributed by atoms with Crippen LogP contribution < -0.4 is 5.32 Å². The molecule has 1 aromatic carbocycles. The zero-order valence-corrected chi connectivity index (χ0v) is 9.70. The number of hydrogen-bond donors (Lipinski definition) is 1. The van der Waals surface area contributed by atoms with E-state index >= 15 is 0 Å². The number of nitrogens with one attached hydrogen (secondary N) is 1. The number of Topliss-reactive ketones (excluding diaryl/α,β-unsaturated/α-hetero) is 1. The van der Waals surface area contributed by atoms with Gasteiger partial charge in [0, 0.05) is 5.56 Å². The van der Waals surface area contributed by atoms with Crippen LogP contribution in [0.4, 0.5) is 30.7 Å². The smallest absolute Gasteiger partial charge is 0.302 e. The Morgan fingerprint density at radius 3 is 2.20 bits per heavy atom. The van der Waals surface area contributed by atoms with Crippen LogP contribution in [0.5, 0.6) is 0 Å². The van der Waals surface area contributed by atoms with E-state index < -0.39 is 48.2 Å². The van der Waals surface area contributed by atoms with Crippen molar-refractivity contribution in [3.8, 4) is 0 Å². The van der Waals surface area contributed by atoms with Gasteiger partial charge < -0.3 is 5.32 Å². The van der Waals surface area contributed by atoms with Crippen LogP contribution in [0.15, 0.2) is 18.2 Å². The lowest BCUT2D eigenvalue weighted by atomic mass is 10.1. The second-order valence-electron chi connectivity index (χ2n) is 3.83. The van der Waals surface area contributed by atoms with E-state index in [1.165, 1.54) is 0 Å². The minimum absolute atomic E-state index is 0.271. The van der Waals surface area contributed by atoms with Gasteiger partial charge in [-0.2, -0.15) is 26.3 Å². The van der Waals surface area contributed by atoms with Crippen molar-refractivity contribution in [3.63, 3.8) is 0 Å². The SMILES string of the molecule is O=C(CNCC(F)(F)F)c1ccc(F)c(C(F)(F)F)c1. The molecule has 0 aliphatic carbocycles. The summed E-state index contributed by atoms with van der Waals surface area (Å²) in [6.45, 7) is -2.26. The summed E-state index contributed by atoms with van der Waals surface area (Å²) >= 11 is 0. The molecule has 0 amide bonds. The number of rotatable bonds is 4. The highest BCUT2D eigenvalue weighted by Gasteiger charge is 2.34. The number of carbonyl (C=O) groups is 1. The monoisotopic (exact) mass is 303 g/mol. The second kappa shape index (κ2) is 5.78. The highest BCUT2D eigenvalue weighted by molar-refractivity contribution is 5.97. The van der Waals surface area contributed by atoms with E-state index in [-0.39, 0.29) is 6.07 Å². The minimum Gasteiger partial charge on any atom is -0.302 e. The Kier molecular flexibility index (Phi) is 4.74. The molecule has 20 heavy (non-hydrogen) atoms. The van der Waals surface area contributed by atoms with E-state index in [4.69, 9.17) is 0 Å². The maximum atomic E-state index is 12.9. The Hall–Kier alpha value is -1.64. The van der Waals surface area contributed by atoms with Gasteiger partial charge in [-0.05, 0) is 18.2 Å². The zero-order chi connectivity index (χ0) is 15.6. The highest BCUT2D eigenvalue weighted by atomic mass is 19.4. The van der Waals surface area contributed by atoms with Crippen LogP contribution in [0, 0.1) is 5.82 Å². The van der Waals surface area contributed by atoms with Crippen LogP contribution in [0.1, 0.15) is 15.9 Å². The molecular weight excluding hydrogens is 295 g/mol. The Bertz CT molecular complexity index is 493. The van der Waals surface area contributed by atoms with Crippen LogP contribution in [0.25, 0.3) is 0 Å². The molecule has 2 nitrogen and oxygen atoms in total. The van der Waals surface area contributed by atoms with Gasteiger partial charge in [0.15, 0.2) is 5.78 Å². The largest absolute Gasteiger partial charge is 0.419 e. The van der Waals surface area contributed by atoms with Gasteiger partial charge in [-0.3, -0.25) is 4.79 Å². The minimum atomic E-state index is -4.99. The van der Waals surface area contributed by atoms with Crippen molar-refractivity contribution in [3.05, 3.63) is 35.1 Å². The first-order valence-electron chi connectivity index (χ1n) is 5.18. The normalized spacial score (nSPS) is 12.6. The van der Waals surface area contributed by atoms with Gasteiger partial charge in [0.1, 0.15) is 5.82 Å².